The molecule has 10 nitrogen and oxygen atoms in total. The van der Waals surface area contributed by atoms with Crippen LogP contribution >= 0.6 is 0 Å². The smallest absolute Gasteiger partial charge is 0.259 e. The third kappa shape index (κ3) is 4.33. The molecule has 1 fully saturated rings. The van der Waals surface area contributed by atoms with Gasteiger partial charge in [-0.3, -0.25) is 9.89 Å². The van der Waals surface area contributed by atoms with Crippen LogP contribution in [0.4, 0.5) is 11.4 Å². The minimum absolute atomic E-state index is 0.308. The predicted molar refractivity (Wildman–Crippen MR) is 138 cm³/mol. The lowest BCUT2D eigenvalue weighted by Crippen LogP contribution is -2.30. The molecule has 186 valence electrons. The summed E-state index contributed by atoms with van der Waals surface area (Å²) in [5.41, 5.74) is 5.06. The Kier molecular flexibility index (Phi) is 6.24. The van der Waals surface area contributed by atoms with Gasteiger partial charge in [0.05, 0.1) is 43.6 Å². The number of aromatic amines is 2. The van der Waals surface area contributed by atoms with Gasteiger partial charge in [-0.05, 0) is 31.0 Å². The van der Waals surface area contributed by atoms with Crippen LogP contribution in [-0.2, 0) is 0 Å². The highest BCUT2D eigenvalue weighted by molar-refractivity contribution is 6.08. The number of hydrogen-bond donors (Lipinski definition) is 3. The van der Waals surface area contributed by atoms with E-state index in [-0.39, 0.29) is 5.91 Å². The van der Waals surface area contributed by atoms with E-state index in [2.05, 4.69) is 37.0 Å². The molecular weight excluding hydrogens is 460 g/mol. The van der Waals surface area contributed by atoms with Crippen molar-refractivity contribution < 1.29 is 19.0 Å². The van der Waals surface area contributed by atoms with Gasteiger partial charge in [0.1, 0.15) is 5.75 Å². The Hall–Kier alpha value is -4.47. The number of anilines is 2. The van der Waals surface area contributed by atoms with E-state index in [1.807, 2.05) is 24.3 Å². The van der Waals surface area contributed by atoms with Crippen molar-refractivity contribution in [3.8, 4) is 28.8 Å². The minimum atomic E-state index is -0.308. The average molecular weight is 489 g/mol. The van der Waals surface area contributed by atoms with Gasteiger partial charge >= 0.3 is 0 Å². The zero-order valence-electron chi connectivity index (χ0n) is 20.5. The van der Waals surface area contributed by atoms with Gasteiger partial charge in [-0.25, -0.2) is 4.98 Å². The molecule has 0 spiro atoms. The molecule has 1 aliphatic rings. The third-order valence-electron chi connectivity index (χ3n) is 6.36. The highest BCUT2D eigenvalue weighted by Gasteiger charge is 2.21. The Morgan fingerprint density at radius 1 is 1.03 bits per heavy atom. The van der Waals surface area contributed by atoms with Gasteiger partial charge in [-0.15, -0.1) is 0 Å². The minimum Gasteiger partial charge on any atom is -0.496 e. The van der Waals surface area contributed by atoms with Crippen LogP contribution in [0.5, 0.6) is 17.2 Å². The number of methoxy groups -OCH3 is 3. The number of hydrogen-bond acceptors (Lipinski definition) is 7. The zero-order chi connectivity index (χ0) is 25.2. The molecule has 3 N–H and O–H groups in total. The number of H-pyrrole nitrogens is 2. The largest absolute Gasteiger partial charge is 0.496 e. The first kappa shape index (κ1) is 23.3. The van der Waals surface area contributed by atoms with Crippen molar-refractivity contribution >= 4 is 28.3 Å². The summed E-state index contributed by atoms with van der Waals surface area (Å²) < 4.78 is 16.2. The number of benzene rings is 2. The Bertz CT molecular complexity index is 1390. The summed E-state index contributed by atoms with van der Waals surface area (Å²) >= 11 is 0. The molecule has 36 heavy (non-hydrogen) atoms. The number of nitrogens with one attached hydrogen (secondary N) is 3. The van der Waals surface area contributed by atoms with Crippen LogP contribution in [0.3, 0.4) is 0 Å². The van der Waals surface area contributed by atoms with E-state index in [0.29, 0.717) is 45.5 Å². The van der Waals surface area contributed by atoms with E-state index < -0.39 is 0 Å². The molecule has 10 heteroatoms. The first-order chi connectivity index (χ1) is 17.5. The lowest BCUT2D eigenvalue weighted by Gasteiger charge is -2.30. The lowest BCUT2D eigenvalue weighted by molar-refractivity contribution is 0.102. The van der Waals surface area contributed by atoms with Gasteiger partial charge in [0.2, 0.25) is 0 Å². The topological polar surface area (TPSA) is 117 Å². The van der Waals surface area contributed by atoms with Gasteiger partial charge in [0.15, 0.2) is 23.0 Å². The number of aromatic nitrogens is 4. The normalized spacial score (nSPS) is 13.6. The summed E-state index contributed by atoms with van der Waals surface area (Å²) in [7, 11) is 4.70. The van der Waals surface area contributed by atoms with Crippen molar-refractivity contribution in [1.82, 2.24) is 20.2 Å². The predicted octanol–water partition coefficient (Wildman–Crippen LogP) is 4.39. The first-order valence-electron chi connectivity index (χ1n) is 11.6. The number of rotatable bonds is 7. The molecule has 5 rings (SSSR count). The number of carbonyl (C=O) groups excluding carboxylic acids is 1. The fourth-order valence-corrected chi connectivity index (χ4v) is 4.36. The van der Waals surface area contributed by atoms with Crippen molar-refractivity contribution in [2.24, 2.45) is 0 Å². The summed E-state index contributed by atoms with van der Waals surface area (Å²) in [6, 6.07) is 9.25. The molecular formula is C26H28N6O4. The van der Waals surface area contributed by atoms with Gasteiger partial charge < -0.3 is 29.4 Å². The number of nitrogens with zero attached hydrogens (tertiary/aromatic N) is 3. The van der Waals surface area contributed by atoms with Crippen molar-refractivity contribution in [3.05, 3.63) is 54.2 Å². The maximum absolute atomic E-state index is 13.4. The van der Waals surface area contributed by atoms with Crippen LogP contribution in [0.25, 0.3) is 22.6 Å². The highest BCUT2D eigenvalue weighted by atomic mass is 16.5. The van der Waals surface area contributed by atoms with Gasteiger partial charge in [0.25, 0.3) is 5.91 Å². The van der Waals surface area contributed by atoms with E-state index in [4.69, 9.17) is 14.2 Å². The van der Waals surface area contributed by atoms with E-state index in [1.165, 1.54) is 5.57 Å². The van der Waals surface area contributed by atoms with Crippen LogP contribution < -0.4 is 24.4 Å². The summed E-state index contributed by atoms with van der Waals surface area (Å²) in [6.45, 7) is 5.83. The molecule has 0 saturated carbocycles. The highest BCUT2D eigenvalue weighted by Crippen LogP contribution is 2.34. The third-order valence-corrected chi connectivity index (χ3v) is 6.36. The number of carbonyl (C=O) groups is 1. The molecule has 1 amide bonds. The second-order valence-electron chi connectivity index (χ2n) is 8.53. The summed E-state index contributed by atoms with van der Waals surface area (Å²) in [4.78, 5) is 23.5. The van der Waals surface area contributed by atoms with Gasteiger partial charge in [-0.1, -0.05) is 12.2 Å². The number of piperidine rings is 1. The summed E-state index contributed by atoms with van der Waals surface area (Å²) in [6.07, 6.45) is 3.51. The number of fused-ring (bicyclic) bond motifs is 1. The second-order valence-corrected chi connectivity index (χ2v) is 8.53. The molecule has 0 bridgehead atoms. The quantitative estimate of drug-likeness (QED) is 0.330. The maximum Gasteiger partial charge on any atom is 0.259 e. The SMILES string of the molecule is C=C1CCN(c2ccc(OC)c(C(=O)Nc3c[nH]nc3-c3nc4cc(OC)c(OC)cc4[nH]3)c2)CC1. The monoisotopic (exact) mass is 488 g/mol. The zero-order valence-corrected chi connectivity index (χ0v) is 20.5. The van der Waals surface area contributed by atoms with Crippen LogP contribution in [0.15, 0.2) is 48.7 Å². The molecule has 0 unspecified atom stereocenters. The summed E-state index contributed by atoms with van der Waals surface area (Å²) in [5.74, 6) is 1.83. The molecule has 1 saturated heterocycles. The van der Waals surface area contributed by atoms with E-state index in [0.717, 1.165) is 37.1 Å². The van der Waals surface area contributed by atoms with Crippen molar-refractivity contribution in [1.29, 1.82) is 0 Å². The fraction of sp³-hybridized carbons (Fsp3) is 0.269. The number of ether oxygens (including phenoxy) is 3. The lowest BCUT2D eigenvalue weighted by atomic mass is 10.0. The van der Waals surface area contributed by atoms with Crippen LogP contribution in [-0.4, -0.2) is 60.5 Å². The Morgan fingerprint density at radius 2 is 1.75 bits per heavy atom. The molecule has 2 aromatic carbocycles. The van der Waals surface area contributed by atoms with Gasteiger partial charge in [0, 0.05) is 37.1 Å². The Labute approximate surface area is 208 Å². The van der Waals surface area contributed by atoms with Crippen LogP contribution in [0, 0.1) is 0 Å². The standard InChI is InChI=1S/C26H28N6O4/c1-15-7-9-32(10-8-15)16-5-6-21(34-2)17(11-16)26(33)30-20-14-27-31-24(20)25-28-18-12-22(35-3)23(36-4)13-19(18)29-25/h5-6,11-14H,1,7-10H2,2-4H3,(H,27,31)(H,28,29)(H,30,33). The van der Waals surface area contributed by atoms with E-state index in [1.54, 1.807) is 33.6 Å². The Balaban J connectivity index is 1.43. The van der Waals surface area contributed by atoms with Crippen molar-refractivity contribution in [3.63, 3.8) is 0 Å². The van der Waals surface area contributed by atoms with Crippen molar-refractivity contribution in [2.75, 3.05) is 44.6 Å². The first-order valence-corrected chi connectivity index (χ1v) is 11.6. The van der Waals surface area contributed by atoms with E-state index in [9.17, 15) is 4.79 Å². The second kappa shape index (κ2) is 9.65. The fourth-order valence-electron chi connectivity index (χ4n) is 4.36. The molecule has 0 radical (unpaired) electrons. The molecule has 4 aromatic rings. The van der Waals surface area contributed by atoms with Crippen molar-refractivity contribution in [2.45, 2.75) is 12.8 Å². The van der Waals surface area contributed by atoms with Gasteiger partial charge in [-0.2, -0.15) is 5.10 Å². The molecule has 2 aromatic heterocycles. The Morgan fingerprint density at radius 3 is 2.47 bits per heavy atom. The molecule has 1 aliphatic heterocycles. The maximum atomic E-state index is 13.4. The molecule has 3 heterocycles. The molecule has 0 atom stereocenters. The number of amides is 1. The van der Waals surface area contributed by atoms with E-state index >= 15 is 0 Å². The number of imidazole rings is 1. The van der Waals surface area contributed by atoms with Crippen LogP contribution in [0.2, 0.25) is 0 Å². The summed E-state index contributed by atoms with van der Waals surface area (Å²) in [5, 5.41) is 10.1. The molecule has 0 aliphatic carbocycles. The average Bonchev–Trinajstić information content (AvgIpc) is 3.53. The van der Waals surface area contributed by atoms with Crippen LogP contribution in [0.1, 0.15) is 23.2 Å².